The first kappa shape index (κ1) is 6.30. The number of hydrogen-bond donors (Lipinski definition) is 0. The van der Waals surface area contributed by atoms with Gasteiger partial charge in [-0.05, 0) is 5.56 Å². The summed E-state index contributed by atoms with van der Waals surface area (Å²) in [5, 5.41) is 1.26. The van der Waals surface area contributed by atoms with Crippen LogP contribution in [-0.4, -0.2) is 10.2 Å². The van der Waals surface area contributed by atoms with Crippen LogP contribution in [0, 0.1) is 0 Å². The second-order valence-corrected chi connectivity index (χ2v) is 3.35. The van der Waals surface area contributed by atoms with Crippen LogP contribution in [0.5, 0.6) is 0 Å². The van der Waals surface area contributed by atoms with Crippen molar-refractivity contribution >= 4 is 15.4 Å². The first-order chi connectivity index (χ1) is 4.30. The maximum Gasteiger partial charge on any atom is 0.0385 e. The quantitative estimate of drug-likeness (QED) is 0.503. The average molecular weight is 134 g/mol. The van der Waals surface area contributed by atoms with Crippen molar-refractivity contribution in [3.05, 3.63) is 42.5 Å². The minimum Gasteiger partial charge on any atom is -0.100 e. The maximum atomic E-state index is 3.89. The molecule has 0 aliphatic rings. The van der Waals surface area contributed by atoms with Gasteiger partial charge < -0.3 is 0 Å². The third-order valence-corrected chi connectivity index (χ3v) is 1.84. The summed E-state index contributed by atoms with van der Waals surface area (Å²) in [4.78, 5) is 0. The van der Waals surface area contributed by atoms with Crippen molar-refractivity contribution in [2.24, 2.45) is 0 Å². The Morgan fingerprint density at radius 3 is 2.11 bits per heavy atom. The summed E-state index contributed by atoms with van der Waals surface area (Å²) in [5.74, 6) is 0. The molecule has 1 aromatic carbocycles. The lowest BCUT2D eigenvalue weighted by molar-refractivity contribution is 1.66. The summed E-state index contributed by atoms with van der Waals surface area (Å²) in [6.45, 7) is 3.89. The van der Waals surface area contributed by atoms with E-state index in [0.717, 1.165) is 10.2 Å². The van der Waals surface area contributed by atoms with Crippen molar-refractivity contribution in [1.29, 1.82) is 0 Å². The summed E-state index contributed by atoms with van der Waals surface area (Å²) in [7, 11) is 1.06. The average Bonchev–Trinajstić information content (AvgIpc) is 1.90. The molecule has 0 aromatic heterocycles. The first-order valence-corrected chi connectivity index (χ1v) is 4.01. The normalized spacial score (nSPS) is 9.33. The highest BCUT2D eigenvalue weighted by Crippen LogP contribution is 2.05. The Labute approximate surface area is 58.6 Å². The Bertz CT molecular complexity index is 201. The van der Waals surface area contributed by atoms with Crippen molar-refractivity contribution in [1.82, 2.24) is 0 Å². The van der Waals surface area contributed by atoms with Crippen LogP contribution in [0.3, 0.4) is 0 Å². The Hall–Kier alpha value is -0.823. The molecule has 0 unspecified atom stereocenters. The molecule has 0 saturated carbocycles. The molecule has 0 radical (unpaired) electrons. The Balaban J connectivity index is 2.98. The zero-order chi connectivity index (χ0) is 6.69. The number of hydrogen-bond acceptors (Lipinski definition) is 0. The van der Waals surface area contributed by atoms with Gasteiger partial charge in [0.2, 0.25) is 0 Å². The van der Waals surface area contributed by atoms with Gasteiger partial charge in [0.25, 0.3) is 0 Å². The minimum absolute atomic E-state index is 1.06. The molecule has 0 aliphatic carbocycles. The number of rotatable bonds is 1. The minimum atomic E-state index is 1.06. The smallest absolute Gasteiger partial charge is 0.0385 e. The summed E-state index contributed by atoms with van der Waals surface area (Å²) >= 11 is 0. The Kier molecular flexibility index (Phi) is 1.85. The molecule has 46 valence electrons. The van der Waals surface area contributed by atoms with Crippen LogP contribution in [0.15, 0.2) is 36.9 Å². The van der Waals surface area contributed by atoms with Crippen LogP contribution < -0.4 is 0 Å². The second kappa shape index (κ2) is 2.64. The van der Waals surface area contributed by atoms with Crippen molar-refractivity contribution in [2.75, 3.05) is 0 Å². The molecular formula is C8H10Si. The molecule has 0 bridgehead atoms. The van der Waals surface area contributed by atoms with E-state index in [1.54, 1.807) is 0 Å². The van der Waals surface area contributed by atoms with Gasteiger partial charge in [0.15, 0.2) is 0 Å². The van der Waals surface area contributed by atoms with E-state index in [0.29, 0.717) is 0 Å². The van der Waals surface area contributed by atoms with Gasteiger partial charge >= 0.3 is 0 Å². The molecule has 9 heavy (non-hydrogen) atoms. The SMILES string of the molecule is C=C([SiH3])c1ccccc1. The van der Waals surface area contributed by atoms with Gasteiger partial charge in [-0.1, -0.05) is 35.5 Å². The van der Waals surface area contributed by atoms with E-state index in [-0.39, 0.29) is 0 Å². The zero-order valence-electron chi connectivity index (χ0n) is 5.59. The molecule has 1 aromatic rings. The Morgan fingerprint density at radius 2 is 1.78 bits per heavy atom. The third kappa shape index (κ3) is 1.54. The highest BCUT2D eigenvalue weighted by atomic mass is 28.1. The van der Waals surface area contributed by atoms with Gasteiger partial charge in [-0.3, -0.25) is 0 Å². The maximum absolute atomic E-state index is 3.89. The van der Waals surface area contributed by atoms with Gasteiger partial charge in [0.05, 0.1) is 0 Å². The monoisotopic (exact) mass is 134 g/mol. The van der Waals surface area contributed by atoms with E-state index < -0.39 is 0 Å². The summed E-state index contributed by atoms with van der Waals surface area (Å²) in [6, 6.07) is 10.3. The summed E-state index contributed by atoms with van der Waals surface area (Å²) in [5.41, 5.74) is 1.28. The van der Waals surface area contributed by atoms with Crippen molar-refractivity contribution < 1.29 is 0 Å². The molecule has 0 spiro atoms. The lowest BCUT2D eigenvalue weighted by Gasteiger charge is -1.94. The molecular weight excluding hydrogens is 124 g/mol. The van der Waals surface area contributed by atoms with Crippen LogP contribution in [0.4, 0.5) is 0 Å². The van der Waals surface area contributed by atoms with Gasteiger partial charge in [-0.25, -0.2) is 0 Å². The van der Waals surface area contributed by atoms with Gasteiger partial charge in [-0.15, -0.1) is 6.58 Å². The van der Waals surface area contributed by atoms with E-state index in [9.17, 15) is 0 Å². The highest BCUT2D eigenvalue weighted by molar-refractivity contribution is 6.41. The Morgan fingerprint density at radius 1 is 1.22 bits per heavy atom. The summed E-state index contributed by atoms with van der Waals surface area (Å²) < 4.78 is 0. The molecule has 1 heteroatoms. The van der Waals surface area contributed by atoms with E-state index >= 15 is 0 Å². The topological polar surface area (TPSA) is 0 Å². The van der Waals surface area contributed by atoms with Crippen LogP contribution in [0.25, 0.3) is 5.20 Å². The predicted molar refractivity (Wildman–Crippen MR) is 45.4 cm³/mol. The molecule has 0 saturated heterocycles. The van der Waals surface area contributed by atoms with Crippen LogP contribution in [0.1, 0.15) is 5.56 Å². The van der Waals surface area contributed by atoms with Gasteiger partial charge in [-0.2, -0.15) is 0 Å². The lowest BCUT2D eigenvalue weighted by Crippen LogP contribution is -1.77. The van der Waals surface area contributed by atoms with Crippen molar-refractivity contribution in [3.63, 3.8) is 0 Å². The van der Waals surface area contributed by atoms with Crippen LogP contribution >= 0.6 is 0 Å². The van der Waals surface area contributed by atoms with E-state index in [1.807, 2.05) is 18.2 Å². The third-order valence-electron chi connectivity index (χ3n) is 1.27. The molecule has 0 atom stereocenters. The standard InChI is InChI=1S/C8H10Si/c1-7(9)8-5-3-2-4-6-8/h2-6H,1H2,9H3. The molecule has 0 amide bonds. The van der Waals surface area contributed by atoms with E-state index in [2.05, 4.69) is 18.7 Å². The number of benzene rings is 1. The predicted octanol–water partition coefficient (Wildman–Crippen LogP) is 1.02. The fourth-order valence-electron chi connectivity index (χ4n) is 0.723. The van der Waals surface area contributed by atoms with Gasteiger partial charge in [0.1, 0.15) is 0 Å². The fourth-order valence-corrected chi connectivity index (χ4v) is 1.06. The molecule has 1 rings (SSSR count). The summed E-state index contributed by atoms with van der Waals surface area (Å²) in [6.07, 6.45) is 0. The zero-order valence-corrected chi connectivity index (χ0v) is 7.59. The van der Waals surface area contributed by atoms with Crippen molar-refractivity contribution in [2.45, 2.75) is 0 Å². The largest absolute Gasteiger partial charge is 0.100 e. The molecule has 0 aliphatic heterocycles. The van der Waals surface area contributed by atoms with Crippen molar-refractivity contribution in [3.8, 4) is 0 Å². The van der Waals surface area contributed by atoms with E-state index in [4.69, 9.17) is 0 Å². The second-order valence-electron chi connectivity index (χ2n) is 2.15. The molecule has 0 fully saturated rings. The highest BCUT2D eigenvalue weighted by Gasteiger charge is 1.86. The van der Waals surface area contributed by atoms with Crippen LogP contribution in [-0.2, 0) is 0 Å². The molecule has 0 N–H and O–H groups in total. The first-order valence-electron chi connectivity index (χ1n) is 3.01. The van der Waals surface area contributed by atoms with E-state index in [1.165, 1.54) is 10.8 Å². The molecule has 0 heterocycles. The molecule has 0 nitrogen and oxygen atoms in total. The lowest BCUT2D eigenvalue weighted by atomic mass is 10.2. The fraction of sp³-hybridized carbons (Fsp3) is 0. The van der Waals surface area contributed by atoms with Gasteiger partial charge in [0, 0.05) is 10.2 Å². The van der Waals surface area contributed by atoms with Crippen LogP contribution in [0.2, 0.25) is 0 Å².